The van der Waals surface area contributed by atoms with E-state index in [4.69, 9.17) is 16.3 Å². The van der Waals surface area contributed by atoms with Crippen LogP contribution >= 0.6 is 11.6 Å². The average Bonchev–Trinajstić information content (AvgIpc) is 2.76. The zero-order valence-corrected chi connectivity index (χ0v) is 18.5. The predicted molar refractivity (Wildman–Crippen MR) is 122 cm³/mol. The SMILES string of the molecule is COc1ccc(S(=O)(=O)Nc2ccc(Cl)c3ccccc23)cc1N1CCN(C)CC1. The average molecular weight is 446 g/mol. The summed E-state index contributed by atoms with van der Waals surface area (Å²) in [5, 5.41) is 2.13. The third-order valence-electron chi connectivity index (χ3n) is 5.42. The van der Waals surface area contributed by atoms with Gasteiger partial charge in [-0.3, -0.25) is 4.72 Å². The summed E-state index contributed by atoms with van der Waals surface area (Å²) >= 11 is 6.27. The summed E-state index contributed by atoms with van der Waals surface area (Å²) in [4.78, 5) is 4.60. The van der Waals surface area contributed by atoms with Crippen LogP contribution in [-0.4, -0.2) is 53.7 Å². The first-order valence-electron chi connectivity index (χ1n) is 9.70. The van der Waals surface area contributed by atoms with Crippen molar-refractivity contribution in [3.8, 4) is 5.75 Å². The zero-order chi connectivity index (χ0) is 21.3. The number of hydrogen-bond acceptors (Lipinski definition) is 5. The van der Waals surface area contributed by atoms with Crippen LogP contribution in [0.25, 0.3) is 10.8 Å². The molecule has 3 aromatic rings. The highest BCUT2D eigenvalue weighted by atomic mass is 35.5. The van der Waals surface area contributed by atoms with Crippen LogP contribution in [0.2, 0.25) is 5.02 Å². The number of benzene rings is 3. The van der Waals surface area contributed by atoms with Gasteiger partial charge in [0.25, 0.3) is 10.0 Å². The summed E-state index contributed by atoms with van der Waals surface area (Å²) in [6.45, 7) is 3.45. The molecule has 0 radical (unpaired) electrons. The third-order valence-corrected chi connectivity index (χ3v) is 7.11. The number of fused-ring (bicyclic) bond motifs is 1. The maximum Gasteiger partial charge on any atom is 0.261 e. The molecule has 0 bridgehead atoms. The van der Waals surface area contributed by atoms with Gasteiger partial charge in [0.05, 0.1) is 23.4 Å². The normalized spacial score (nSPS) is 15.4. The van der Waals surface area contributed by atoms with E-state index in [2.05, 4.69) is 21.6 Å². The number of methoxy groups -OCH3 is 1. The van der Waals surface area contributed by atoms with E-state index in [-0.39, 0.29) is 4.90 Å². The van der Waals surface area contributed by atoms with Gasteiger partial charge in [0.2, 0.25) is 0 Å². The number of sulfonamides is 1. The molecule has 1 N–H and O–H groups in total. The van der Waals surface area contributed by atoms with Crippen LogP contribution in [0, 0.1) is 0 Å². The first-order chi connectivity index (χ1) is 14.4. The fourth-order valence-electron chi connectivity index (χ4n) is 3.69. The molecule has 1 heterocycles. The van der Waals surface area contributed by atoms with Crippen LogP contribution in [0.1, 0.15) is 0 Å². The van der Waals surface area contributed by atoms with Gasteiger partial charge < -0.3 is 14.5 Å². The van der Waals surface area contributed by atoms with E-state index >= 15 is 0 Å². The molecule has 0 aliphatic carbocycles. The summed E-state index contributed by atoms with van der Waals surface area (Å²) < 4.78 is 34.6. The minimum absolute atomic E-state index is 0.191. The molecule has 0 aromatic heterocycles. The summed E-state index contributed by atoms with van der Waals surface area (Å²) in [7, 11) is -0.123. The van der Waals surface area contributed by atoms with Crippen LogP contribution in [0.3, 0.4) is 0 Å². The Kier molecular flexibility index (Phi) is 5.77. The zero-order valence-electron chi connectivity index (χ0n) is 16.9. The van der Waals surface area contributed by atoms with Crippen molar-refractivity contribution in [2.45, 2.75) is 4.90 Å². The number of piperazine rings is 1. The summed E-state index contributed by atoms with van der Waals surface area (Å²) in [6.07, 6.45) is 0. The Hall–Kier alpha value is -2.48. The highest BCUT2D eigenvalue weighted by molar-refractivity contribution is 7.92. The van der Waals surface area contributed by atoms with E-state index in [1.165, 1.54) is 0 Å². The molecule has 158 valence electrons. The Morgan fingerprint density at radius 3 is 2.37 bits per heavy atom. The molecule has 0 unspecified atom stereocenters. The number of nitrogens with zero attached hydrogens (tertiary/aromatic N) is 2. The molecule has 4 rings (SSSR count). The van der Waals surface area contributed by atoms with Crippen molar-refractivity contribution >= 4 is 43.8 Å². The van der Waals surface area contributed by atoms with Crippen LogP contribution in [-0.2, 0) is 10.0 Å². The van der Waals surface area contributed by atoms with E-state index in [9.17, 15) is 8.42 Å². The van der Waals surface area contributed by atoms with Gasteiger partial charge in [-0.05, 0) is 37.4 Å². The Labute approximate surface area is 182 Å². The Morgan fingerprint density at radius 2 is 1.67 bits per heavy atom. The molecule has 1 aliphatic heterocycles. The minimum Gasteiger partial charge on any atom is -0.495 e. The van der Waals surface area contributed by atoms with Crippen LogP contribution in [0.15, 0.2) is 59.5 Å². The Balaban J connectivity index is 1.70. The van der Waals surface area contributed by atoms with Gasteiger partial charge in [0.15, 0.2) is 0 Å². The summed E-state index contributed by atoms with van der Waals surface area (Å²) in [5.41, 5.74) is 1.28. The molecular formula is C22H24ClN3O3S. The lowest BCUT2D eigenvalue weighted by molar-refractivity contribution is 0.311. The molecule has 1 aliphatic rings. The van der Waals surface area contributed by atoms with Gasteiger partial charge in [0, 0.05) is 42.0 Å². The highest BCUT2D eigenvalue weighted by Crippen LogP contribution is 2.34. The van der Waals surface area contributed by atoms with Gasteiger partial charge in [0.1, 0.15) is 5.75 Å². The smallest absolute Gasteiger partial charge is 0.261 e. The number of ether oxygens (including phenoxy) is 1. The standard InChI is InChI=1S/C22H24ClN3O3S/c1-25-11-13-26(14-12-25)21-15-16(7-10-22(21)29-2)30(27,28)24-20-9-8-19(23)17-5-3-4-6-18(17)20/h3-10,15,24H,11-14H2,1-2H3. The molecule has 6 nitrogen and oxygen atoms in total. The summed E-state index contributed by atoms with van der Waals surface area (Å²) in [5.74, 6) is 0.662. The first kappa shape index (κ1) is 20.8. The molecule has 0 amide bonds. The minimum atomic E-state index is -3.80. The highest BCUT2D eigenvalue weighted by Gasteiger charge is 2.22. The molecule has 8 heteroatoms. The molecule has 3 aromatic carbocycles. The van der Waals surface area contributed by atoms with Crippen LogP contribution in [0.5, 0.6) is 5.75 Å². The first-order valence-corrected chi connectivity index (χ1v) is 11.6. The topological polar surface area (TPSA) is 61.9 Å². The number of anilines is 2. The van der Waals surface area contributed by atoms with E-state index in [1.54, 1.807) is 37.4 Å². The lowest BCUT2D eigenvalue weighted by atomic mass is 10.1. The molecule has 1 fully saturated rings. The fourth-order valence-corrected chi connectivity index (χ4v) is 5.01. The van der Waals surface area contributed by atoms with Crippen molar-refractivity contribution in [1.29, 1.82) is 0 Å². The lowest BCUT2D eigenvalue weighted by Crippen LogP contribution is -2.44. The van der Waals surface area contributed by atoms with E-state index < -0.39 is 10.0 Å². The lowest BCUT2D eigenvalue weighted by Gasteiger charge is -2.34. The molecular weight excluding hydrogens is 422 g/mol. The number of hydrogen-bond donors (Lipinski definition) is 1. The van der Waals surface area contributed by atoms with Gasteiger partial charge in [-0.2, -0.15) is 0 Å². The molecule has 30 heavy (non-hydrogen) atoms. The third kappa shape index (κ3) is 4.05. The van der Waals surface area contributed by atoms with Crippen LogP contribution < -0.4 is 14.4 Å². The van der Waals surface area contributed by atoms with Crippen molar-refractivity contribution in [1.82, 2.24) is 4.90 Å². The van der Waals surface area contributed by atoms with E-state index in [1.807, 2.05) is 24.3 Å². The van der Waals surface area contributed by atoms with E-state index in [0.29, 0.717) is 16.5 Å². The number of likely N-dealkylation sites (N-methyl/N-ethyl adjacent to an activating group) is 1. The molecule has 1 saturated heterocycles. The van der Waals surface area contributed by atoms with Crippen LogP contribution in [0.4, 0.5) is 11.4 Å². The van der Waals surface area contributed by atoms with Gasteiger partial charge in [-0.25, -0.2) is 8.42 Å². The number of rotatable bonds is 5. The van der Waals surface area contributed by atoms with Crippen molar-refractivity contribution < 1.29 is 13.2 Å². The second kappa shape index (κ2) is 8.34. The Bertz CT molecular complexity index is 1180. The number of halogens is 1. The largest absolute Gasteiger partial charge is 0.495 e. The molecule has 0 atom stereocenters. The quantitative estimate of drug-likeness (QED) is 0.641. The van der Waals surface area contributed by atoms with Crippen molar-refractivity contribution in [3.63, 3.8) is 0 Å². The fraction of sp³-hybridized carbons (Fsp3) is 0.273. The summed E-state index contributed by atoms with van der Waals surface area (Å²) in [6, 6.07) is 15.8. The second-order valence-electron chi connectivity index (χ2n) is 7.37. The second-order valence-corrected chi connectivity index (χ2v) is 9.46. The predicted octanol–water partition coefficient (Wildman–Crippen LogP) is 4.05. The van der Waals surface area contributed by atoms with Crippen molar-refractivity contribution in [2.75, 3.05) is 50.0 Å². The van der Waals surface area contributed by atoms with Crippen molar-refractivity contribution in [2.24, 2.45) is 0 Å². The maximum absolute atomic E-state index is 13.2. The monoisotopic (exact) mass is 445 g/mol. The van der Waals surface area contributed by atoms with Crippen molar-refractivity contribution in [3.05, 3.63) is 59.6 Å². The molecule has 0 spiro atoms. The van der Waals surface area contributed by atoms with Gasteiger partial charge >= 0.3 is 0 Å². The maximum atomic E-state index is 13.2. The van der Waals surface area contributed by atoms with Gasteiger partial charge in [-0.1, -0.05) is 35.9 Å². The van der Waals surface area contributed by atoms with E-state index in [0.717, 1.165) is 42.6 Å². The van der Waals surface area contributed by atoms with Gasteiger partial charge in [-0.15, -0.1) is 0 Å². The molecule has 0 saturated carbocycles. The Morgan fingerprint density at radius 1 is 0.967 bits per heavy atom. The number of nitrogens with one attached hydrogen (secondary N) is 1.